The van der Waals surface area contributed by atoms with Gasteiger partial charge < -0.3 is 28.6 Å². The summed E-state index contributed by atoms with van der Waals surface area (Å²) in [6, 6.07) is 0. The van der Waals surface area contributed by atoms with Crippen molar-refractivity contribution in [2.75, 3.05) is 7.11 Å². The van der Waals surface area contributed by atoms with Crippen LogP contribution in [0.1, 0.15) is 103 Å². The van der Waals surface area contributed by atoms with E-state index in [9.17, 15) is 29.0 Å². The van der Waals surface area contributed by atoms with E-state index >= 15 is 4.79 Å². The summed E-state index contributed by atoms with van der Waals surface area (Å²) in [6.07, 6.45) is 8.63. The maximum absolute atomic E-state index is 15.5. The van der Waals surface area contributed by atoms with Crippen LogP contribution in [0.4, 0.5) is 0 Å². The molecule has 0 amide bonds. The van der Waals surface area contributed by atoms with Crippen LogP contribution >= 0.6 is 23.8 Å². The molecule has 3 heterocycles. The number of esters is 1. The Morgan fingerprint density at radius 1 is 1.04 bits per heavy atom. The van der Waals surface area contributed by atoms with Crippen LogP contribution in [-0.4, -0.2) is 72.4 Å². The standard InChI is InChI=1S/C39H48BrO12P/c1-20(2)11-10-16-36(8)17-15-24-28(49-36)23(13-12-21(3)4)29-27(30(24)51-53(45,46)47)33(43)38(40)32(42)25-19-26-35(6,7)52-37(31(25)41,39(26,38)50-29)18-14-22(5)34(44)48-9/h11-12,14-15,17,25-26,32,42H,10,13,16,18-19H2,1-9H3,(H2,45,46,47). The third-order valence-corrected chi connectivity index (χ3v) is 13.3. The van der Waals surface area contributed by atoms with Crippen molar-refractivity contribution in [3.63, 3.8) is 0 Å². The number of allylic oxidation sites excluding steroid dienone is 4. The number of alkyl halides is 1. The van der Waals surface area contributed by atoms with Crippen molar-refractivity contribution < 1.29 is 57.3 Å². The molecule has 1 spiro atoms. The fourth-order valence-corrected chi connectivity index (χ4v) is 10.7. The van der Waals surface area contributed by atoms with Crippen molar-refractivity contribution in [2.45, 2.75) is 120 Å². The maximum atomic E-state index is 15.5. The number of fused-ring (bicyclic) bond motifs is 2. The number of ketones is 2. The van der Waals surface area contributed by atoms with E-state index in [1.165, 1.54) is 20.1 Å². The molecule has 12 nitrogen and oxygen atoms in total. The second-order valence-electron chi connectivity index (χ2n) is 16.1. The number of Topliss-reactive ketones (excluding diaryl/α,β-unsaturated/α-hetero) is 2. The van der Waals surface area contributed by atoms with Crippen molar-refractivity contribution in [3.8, 4) is 17.2 Å². The largest absolute Gasteiger partial charge is 0.524 e. The van der Waals surface area contributed by atoms with Crippen LogP contribution in [0.25, 0.3) is 6.08 Å². The number of rotatable bonds is 10. The van der Waals surface area contributed by atoms with Gasteiger partial charge in [-0.1, -0.05) is 45.3 Å². The molecule has 7 rings (SSSR count). The molecule has 4 bridgehead atoms. The Morgan fingerprint density at radius 3 is 2.30 bits per heavy atom. The maximum Gasteiger partial charge on any atom is 0.524 e. The van der Waals surface area contributed by atoms with Gasteiger partial charge in [-0.15, -0.1) is 0 Å². The van der Waals surface area contributed by atoms with Crippen molar-refractivity contribution in [2.24, 2.45) is 11.8 Å². The van der Waals surface area contributed by atoms with Crippen LogP contribution in [0, 0.1) is 11.8 Å². The Labute approximate surface area is 318 Å². The summed E-state index contributed by atoms with van der Waals surface area (Å²) in [5.41, 5.74) is -3.29. The monoisotopic (exact) mass is 818 g/mol. The molecule has 288 valence electrons. The van der Waals surface area contributed by atoms with Crippen LogP contribution in [-0.2, 0) is 30.0 Å². The number of phosphoric acid groups is 1. The molecule has 7 unspecified atom stereocenters. The topological polar surface area (TPSA) is 175 Å². The number of hydrogen-bond donors (Lipinski definition) is 3. The van der Waals surface area contributed by atoms with E-state index in [-0.39, 0.29) is 47.5 Å². The van der Waals surface area contributed by atoms with Crippen molar-refractivity contribution in [1.29, 1.82) is 0 Å². The van der Waals surface area contributed by atoms with Crippen molar-refractivity contribution >= 4 is 47.4 Å². The molecule has 0 radical (unpaired) electrons. The average molecular weight is 820 g/mol. The van der Waals surface area contributed by atoms with Gasteiger partial charge >= 0.3 is 13.8 Å². The molecular formula is C39H48BrO12P. The predicted octanol–water partition coefficient (Wildman–Crippen LogP) is 6.66. The first-order chi connectivity index (χ1) is 24.5. The molecule has 6 aliphatic rings. The van der Waals surface area contributed by atoms with Crippen LogP contribution in [0.5, 0.6) is 17.2 Å². The third kappa shape index (κ3) is 5.84. The molecule has 3 saturated carbocycles. The lowest BCUT2D eigenvalue weighted by atomic mass is 9.45. The van der Waals surface area contributed by atoms with Crippen LogP contribution in [0.15, 0.2) is 41.0 Å². The first-order valence-electron chi connectivity index (χ1n) is 17.7. The normalized spacial score (nSPS) is 33.2. The van der Waals surface area contributed by atoms with Gasteiger partial charge in [-0.05, 0) is 93.2 Å². The summed E-state index contributed by atoms with van der Waals surface area (Å²) in [4.78, 5) is 63.2. The summed E-state index contributed by atoms with van der Waals surface area (Å²) >= 11 is 3.68. The van der Waals surface area contributed by atoms with E-state index < -0.39 is 75.8 Å². The van der Waals surface area contributed by atoms with Gasteiger partial charge in [0.05, 0.1) is 24.4 Å². The third-order valence-electron chi connectivity index (χ3n) is 11.5. The van der Waals surface area contributed by atoms with Crippen LogP contribution in [0.2, 0.25) is 0 Å². The van der Waals surface area contributed by atoms with Gasteiger partial charge in [0.25, 0.3) is 0 Å². The zero-order valence-electron chi connectivity index (χ0n) is 31.5. The minimum Gasteiger partial charge on any atom is -0.482 e. The quantitative estimate of drug-likeness (QED) is 0.0754. The van der Waals surface area contributed by atoms with Crippen LogP contribution in [0.3, 0.4) is 0 Å². The van der Waals surface area contributed by atoms with E-state index in [1.807, 2.05) is 40.7 Å². The highest BCUT2D eigenvalue weighted by atomic mass is 79.9. The van der Waals surface area contributed by atoms with Crippen molar-refractivity contribution in [3.05, 3.63) is 57.7 Å². The molecule has 4 fully saturated rings. The number of methoxy groups -OCH3 is 1. The summed E-state index contributed by atoms with van der Waals surface area (Å²) in [5.74, 6) is -3.98. The Balaban J connectivity index is 1.69. The molecule has 3 aliphatic heterocycles. The molecular weight excluding hydrogens is 771 g/mol. The number of carbonyl (C=O) groups is 3. The van der Waals surface area contributed by atoms with Crippen LogP contribution < -0.4 is 14.0 Å². The molecule has 1 aromatic rings. The number of carbonyl (C=O) groups excluding carboxylic acids is 3. The zero-order valence-corrected chi connectivity index (χ0v) is 34.0. The highest BCUT2D eigenvalue weighted by Gasteiger charge is 2.90. The summed E-state index contributed by atoms with van der Waals surface area (Å²) in [6.45, 7) is 14.8. The van der Waals surface area contributed by atoms with Gasteiger partial charge in [0.2, 0.25) is 0 Å². The zero-order chi connectivity index (χ0) is 39.3. The SMILES string of the molecule is COC(=O)C(C)=CCC12OC(C)(C)C3CC(C1=O)C(O)C1(Br)C(=O)c4c(OP(=O)(O)O)c5c(c(CC=C(C)C)c4OC321)OC(C)(CCC=C(C)C)C=C5. The Bertz CT molecular complexity index is 1970. The lowest BCUT2D eigenvalue weighted by Crippen LogP contribution is -2.86. The highest BCUT2D eigenvalue weighted by molar-refractivity contribution is 9.10. The van der Waals surface area contributed by atoms with E-state index in [4.69, 9.17) is 23.5 Å². The summed E-state index contributed by atoms with van der Waals surface area (Å²) in [5, 5.41) is 12.1. The number of phosphoric ester groups is 1. The summed E-state index contributed by atoms with van der Waals surface area (Å²) in [7, 11) is -4.08. The lowest BCUT2D eigenvalue weighted by molar-refractivity contribution is -0.211. The van der Waals surface area contributed by atoms with Gasteiger partial charge in [0.15, 0.2) is 32.8 Å². The Hall–Kier alpha value is -3.06. The molecule has 3 N–H and O–H groups in total. The van der Waals surface area contributed by atoms with Gasteiger partial charge in [0, 0.05) is 29.4 Å². The molecule has 7 atom stereocenters. The molecule has 14 heteroatoms. The number of aliphatic hydroxyl groups is 1. The second-order valence-corrected chi connectivity index (χ2v) is 18.5. The Kier molecular flexibility index (Phi) is 9.74. The smallest absolute Gasteiger partial charge is 0.482 e. The number of halogens is 1. The number of ether oxygens (including phenoxy) is 4. The predicted molar refractivity (Wildman–Crippen MR) is 199 cm³/mol. The van der Waals surface area contributed by atoms with Gasteiger partial charge in [-0.3, -0.25) is 19.4 Å². The minimum absolute atomic E-state index is 0.0867. The lowest BCUT2D eigenvalue weighted by Gasteiger charge is -2.65. The fraction of sp³-hybridized carbons (Fsp3) is 0.564. The number of benzene rings is 1. The van der Waals surface area contributed by atoms with Gasteiger partial charge in [-0.25, -0.2) is 9.36 Å². The molecule has 3 aliphatic carbocycles. The van der Waals surface area contributed by atoms with E-state index in [1.54, 1.807) is 26.0 Å². The molecule has 53 heavy (non-hydrogen) atoms. The molecule has 1 aromatic carbocycles. The van der Waals surface area contributed by atoms with Gasteiger partial charge in [-0.2, -0.15) is 0 Å². The first kappa shape index (κ1) is 39.6. The van der Waals surface area contributed by atoms with Crippen molar-refractivity contribution in [1.82, 2.24) is 0 Å². The molecule has 1 saturated heterocycles. The van der Waals surface area contributed by atoms with Gasteiger partial charge in [0.1, 0.15) is 22.7 Å². The first-order valence-corrected chi connectivity index (χ1v) is 20.1. The van der Waals surface area contributed by atoms with E-state index in [2.05, 4.69) is 22.0 Å². The molecule has 0 aromatic heterocycles. The highest BCUT2D eigenvalue weighted by Crippen LogP contribution is 2.74. The van der Waals surface area contributed by atoms with E-state index in [0.29, 0.717) is 18.4 Å². The number of hydrogen-bond acceptors (Lipinski definition) is 10. The van der Waals surface area contributed by atoms with E-state index in [0.717, 1.165) is 11.1 Å². The average Bonchev–Trinajstić information content (AvgIpc) is 3.19. The Morgan fingerprint density at radius 2 is 1.70 bits per heavy atom. The number of aliphatic hydroxyl groups excluding tert-OH is 1. The fourth-order valence-electron chi connectivity index (χ4n) is 9.09. The minimum atomic E-state index is -5.32. The summed E-state index contributed by atoms with van der Waals surface area (Å²) < 4.78 is 41.7. The second kappa shape index (κ2) is 13.0.